The first-order valence-corrected chi connectivity index (χ1v) is 6.79. The smallest absolute Gasteiger partial charge is 0.411 e. The molecule has 1 N–H and O–H groups in total. The molecule has 1 aromatic rings. The fourth-order valence-corrected chi connectivity index (χ4v) is 2.54. The summed E-state index contributed by atoms with van der Waals surface area (Å²) in [6.45, 7) is 0. The van der Waals surface area contributed by atoms with E-state index in [1.807, 2.05) is 0 Å². The van der Waals surface area contributed by atoms with Crippen molar-refractivity contribution in [3.05, 3.63) is 28.8 Å². The Kier molecular flexibility index (Phi) is 4.66. The van der Waals surface area contributed by atoms with E-state index in [1.54, 1.807) is 12.1 Å². The minimum atomic E-state index is -0.669. The molecule has 0 aliphatic heterocycles. The topological polar surface area (TPSA) is 55.4 Å². The van der Waals surface area contributed by atoms with Crippen molar-refractivity contribution in [2.24, 2.45) is 0 Å². The predicted octanol–water partition coefficient (Wildman–Crippen LogP) is 4.21. The molecular formula is C13H13Cl2NO3. The fourth-order valence-electron chi connectivity index (χ4n) is 2.08. The normalized spacial score (nSPS) is 15.3. The van der Waals surface area contributed by atoms with Crippen molar-refractivity contribution in [3.8, 4) is 0 Å². The van der Waals surface area contributed by atoms with Gasteiger partial charge in [-0.25, -0.2) is 4.79 Å². The molecular weight excluding hydrogens is 289 g/mol. The highest BCUT2D eigenvalue weighted by Gasteiger charge is 2.20. The van der Waals surface area contributed by atoms with Crippen LogP contribution in [0.5, 0.6) is 0 Å². The van der Waals surface area contributed by atoms with Gasteiger partial charge in [0.15, 0.2) is 0 Å². The summed E-state index contributed by atoms with van der Waals surface area (Å²) in [5.74, 6) is 0. The van der Waals surface area contributed by atoms with Gasteiger partial charge in [-0.15, -0.1) is 0 Å². The van der Waals surface area contributed by atoms with E-state index in [0.29, 0.717) is 5.69 Å². The van der Waals surface area contributed by atoms with Crippen molar-refractivity contribution in [2.45, 2.75) is 31.8 Å². The number of benzene rings is 1. The molecule has 1 aromatic carbocycles. The van der Waals surface area contributed by atoms with Gasteiger partial charge >= 0.3 is 6.09 Å². The Labute approximate surface area is 121 Å². The fraction of sp³-hybridized carbons (Fsp3) is 0.385. The number of halogens is 2. The lowest BCUT2D eigenvalue weighted by molar-refractivity contribution is 0.107. The lowest BCUT2D eigenvalue weighted by Crippen LogP contribution is -2.20. The molecule has 0 radical (unpaired) electrons. The molecule has 1 fully saturated rings. The van der Waals surface area contributed by atoms with Crippen LogP contribution in [0.25, 0.3) is 0 Å². The second-order valence-electron chi connectivity index (χ2n) is 4.38. The highest BCUT2D eigenvalue weighted by Crippen LogP contribution is 2.28. The summed E-state index contributed by atoms with van der Waals surface area (Å²) in [4.78, 5) is 22.8. The van der Waals surface area contributed by atoms with Gasteiger partial charge in [-0.05, 0) is 49.4 Å². The van der Waals surface area contributed by atoms with Crippen LogP contribution in [-0.2, 0) is 4.74 Å². The number of hydrogen-bond donors (Lipinski definition) is 1. The van der Waals surface area contributed by atoms with Crippen LogP contribution in [0, 0.1) is 0 Å². The Balaban J connectivity index is 2.04. The monoisotopic (exact) mass is 301 g/mol. The summed E-state index contributed by atoms with van der Waals surface area (Å²) in [5.41, 5.74) is 0.471. The van der Waals surface area contributed by atoms with Crippen molar-refractivity contribution in [1.82, 2.24) is 0 Å². The van der Waals surface area contributed by atoms with E-state index in [1.165, 1.54) is 6.07 Å². The van der Waals surface area contributed by atoms with Crippen LogP contribution in [0.1, 0.15) is 36.0 Å². The number of carbonyl (C=O) groups excluding carboxylic acids is 2. The third kappa shape index (κ3) is 3.61. The van der Waals surface area contributed by atoms with Crippen LogP contribution in [0.4, 0.5) is 10.5 Å². The standard InChI is InChI=1S/C13H13Cl2NO3/c14-11-9(12(15)17)6-3-7-10(11)16-13(18)19-8-4-1-2-5-8/h3,6-8H,1-2,4-5H2,(H,16,18). The summed E-state index contributed by atoms with van der Waals surface area (Å²) in [6.07, 6.45) is 3.34. The van der Waals surface area contributed by atoms with Crippen molar-refractivity contribution < 1.29 is 14.3 Å². The van der Waals surface area contributed by atoms with Gasteiger partial charge in [-0.1, -0.05) is 17.7 Å². The van der Waals surface area contributed by atoms with Crippen molar-refractivity contribution in [1.29, 1.82) is 0 Å². The van der Waals surface area contributed by atoms with E-state index in [-0.39, 0.29) is 16.7 Å². The van der Waals surface area contributed by atoms with Gasteiger partial charge in [-0.3, -0.25) is 10.1 Å². The molecule has 1 saturated carbocycles. The van der Waals surface area contributed by atoms with E-state index in [0.717, 1.165) is 25.7 Å². The lowest BCUT2D eigenvalue weighted by atomic mass is 10.2. The minimum absolute atomic E-state index is 0.0309. The number of hydrogen-bond acceptors (Lipinski definition) is 3. The molecule has 0 aromatic heterocycles. The predicted molar refractivity (Wildman–Crippen MR) is 74.0 cm³/mol. The summed E-state index contributed by atoms with van der Waals surface area (Å²) >= 11 is 11.4. The maximum atomic E-state index is 11.7. The van der Waals surface area contributed by atoms with Crippen LogP contribution in [0.15, 0.2) is 18.2 Å². The van der Waals surface area contributed by atoms with Crippen molar-refractivity contribution in [3.63, 3.8) is 0 Å². The second kappa shape index (κ2) is 6.26. The Morgan fingerprint density at radius 1 is 1.26 bits per heavy atom. The van der Waals surface area contributed by atoms with Gasteiger partial charge in [0.2, 0.25) is 0 Å². The van der Waals surface area contributed by atoms with E-state index in [2.05, 4.69) is 5.32 Å². The van der Waals surface area contributed by atoms with Crippen LogP contribution in [0.2, 0.25) is 5.02 Å². The van der Waals surface area contributed by atoms with Crippen LogP contribution >= 0.6 is 23.2 Å². The molecule has 1 aliphatic carbocycles. The number of ether oxygens (including phenoxy) is 1. The zero-order valence-corrected chi connectivity index (χ0v) is 11.6. The largest absolute Gasteiger partial charge is 0.446 e. The van der Waals surface area contributed by atoms with E-state index in [9.17, 15) is 9.59 Å². The lowest BCUT2D eigenvalue weighted by Gasteiger charge is -2.13. The van der Waals surface area contributed by atoms with Crippen LogP contribution in [0.3, 0.4) is 0 Å². The zero-order valence-electron chi connectivity index (χ0n) is 10.1. The molecule has 0 saturated heterocycles. The highest BCUT2D eigenvalue weighted by atomic mass is 35.5. The third-order valence-corrected chi connectivity index (χ3v) is 3.63. The maximum absolute atomic E-state index is 11.7. The zero-order chi connectivity index (χ0) is 13.8. The van der Waals surface area contributed by atoms with Gasteiger partial charge in [0.1, 0.15) is 6.10 Å². The summed E-state index contributed by atoms with van der Waals surface area (Å²) < 4.78 is 5.24. The number of anilines is 1. The van der Waals surface area contributed by atoms with Crippen LogP contribution in [-0.4, -0.2) is 17.4 Å². The summed E-state index contributed by atoms with van der Waals surface area (Å²) in [6, 6.07) is 4.67. The van der Waals surface area contributed by atoms with E-state index in [4.69, 9.17) is 27.9 Å². The van der Waals surface area contributed by atoms with Gasteiger partial charge in [0.25, 0.3) is 5.24 Å². The molecule has 102 valence electrons. The SMILES string of the molecule is O=C(Nc1cccc(C(=O)Cl)c1Cl)OC1CCCC1. The number of rotatable bonds is 3. The molecule has 2 rings (SSSR count). The summed E-state index contributed by atoms with van der Waals surface area (Å²) in [7, 11) is 0. The first kappa shape index (κ1) is 14.2. The first-order chi connectivity index (χ1) is 9.08. The minimum Gasteiger partial charge on any atom is -0.446 e. The Morgan fingerprint density at radius 3 is 2.58 bits per heavy atom. The maximum Gasteiger partial charge on any atom is 0.411 e. The summed E-state index contributed by atoms with van der Waals surface area (Å²) in [5, 5.41) is 1.98. The first-order valence-electron chi connectivity index (χ1n) is 6.04. The number of amides is 1. The average Bonchev–Trinajstić information content (AvgIpc) is 2.84. The molecule has 0 heterocycles. The Morgan fingerprint density at radius 2 is 1.95 bits per heavy atom. The quantitative estimate of drug-likeness (QED) is 0.851. The van der Waals surface area contributed by atoms with Gasteiger partial charge in [0, 0.05) is 0 Å². The molecule has 6 heteroatoms. The van der Waals surface area contributed by atoms with Gasteiger partial charge in [-0.2, -0.15) is 0 Å². The molecule has 0 bridgehead atoms. The average molecular weight is 302 g/mol. The van der Waals surface area contributed by atoms with E-state index < -0.39 is 11.3 Å². The highest BCUT2D eigenvalue weighted by molar-refractivity contribution is 6.69. The molecule has 1 aliphatic rings. The van der Waals surface area contributed by atoms with Gasteiger partial charge < -0.3 is 4.74 Å². The van der Waals surface area contributed by atoms with Crippen molar-refractivity contribution in [2.75, 3.05) is 5.32 Å². The Hall–Kier alpha value is -1.26. The molecule has 0 atom stereocenters. The third-order valence-electron chi connectivity index (χ3n) is 3.02. The van der Waals surface area contributed by atoms with Gasteiger partial charge in [0.05, 0.1) is 16.3 Å². The van der Waals surface area contributed by atoms with E-state index >= 15 is 0 Å². The molecule has 0 spiro atoms. The molecule has 0 unspecified atom stereocenters. The number of carbonyl (C=O) groups is 2. The second-order valence-corrected chi connectivity index (χ2v) is 5.10. The Bertz CT molecular complexity index is 499. The molecule has 4 nitrogen and oxygen atoms in total. The molecule has 1 amide bonds. The number of nitrogens with one attached hydrogen (secondary N) is 1. The van der Waals surface area contributed by atoms with Crippen LogP contribution < -0.4 is 5.32 Å². The molecule has 19 heavy (non-hydrogen) atoms. The van der Waals surface area contributed by atoms with Crippen molar-refractivity contribution >= 4 is 40.2 Å².